The van der Waals surface area contributed by atoms with Crippen molar-refractivity contribution >= 4 is 35.0 Å². The number of halogens is 1. The molecule has 1 aromatic rings. The summed E-state index contributed by atoms with van der Waals surface area (Å²) in [5.41, 5.74) is 0.157. The molecule has 5 nitrogen and oxygen atoms in total. The van der Waals surface area contributed by atoms with E-state index in [1.807, 2.05) is 0 Å². The van der Waals surface area contributed by atoms with Crippen LogP contribution in [0.2, 0.25) is 5.02 Å². The number of benzene rings is 1. The molecule has 2 rings (SSSR count). The second kappa shape index (κ2) is 6.66. The van der Waals surface area contributed by atoms with Gasteiger partial charge < -0.3 is 5.32 Å². The molecule has 0 saturated heterocycles. The third-order valence-electron chi connectivity index (χ3n) is 3.93. The lowest BCUT2D eigenvalue weighted by molar-refractivity contribution is -0.384. The van der Waals surface area contributed by atoms with Gasteiger partial charge >= 0.3 is 0 Å². The zero-order chi connectivity index (χ0) is 15.5. The van der Waals surface area contributed by atoms with Gasteiger partial charge in [0, 0.05) is 22.9 Å². The van der Waals surface area contributed by atoms with Crippen molar-refractivity contribution < 1.29 is 9.72 Å². The standard InChI is InChI=1S/C14H17ClN2O3S/c1-21-14(6-2-3-7-14)9-16-13(18)10-4-5-12(17(19)20)11(15)8-10/h4-5,8H,2-3,6-7,9H2,1H3,(H,16,18). The van der Waals surface area contributed by atoms with Crippen LogP contribution in [0.4, 0.5) is 5.69 Å². The molecular weight excluding hydrogens is 312 g/mol. The van der Waals surface area contributed by atoms with E-state index in [-0.39, 0.29) is 21.4 Å². The highest BCUT2D eigenvalue weighted by Gasteiger charge is 2.33. The van der Waals surface area contributed by atoms with E-state index in [2.05, 4.69) is 11.6 Å². The largest absolute Gasteiger partial charge is 0.351 e. The van der Waals surface area contributed by atoms with E-state index < -0.39 is 4.92 Å². The van der Waals surface area contributed by atoms with Gasteiger partial charge in [0.15, 0.2) is 0 Å². The third kappa shape index (κ3) is 3.68. The average Bonchev–Trinajstić information content (AvgIpc) is 2.93. The van der Waals surface area contributed by atoms with Gasteiger partial charge in [-0.25, -0.2) is 0 Å². The Bertz CT molecular complexity index is 559. The molecule has 1 aliphatic carbocycles. The molecule has 0 radical (unpaired) electrons. The SMILES string of the molecule is CSC1(CNC(=O)c2ccc([N+](=O)[O-])c(Cl)c2)CCCC1. The summed E-state index contributed by atoms with van der Waals surface area (Å²) in [4.78, 5) is 22.3. The van der Waals surface area contributed by atoms with Crippen molar-refractivity contribution in [3.8, 4) is 0 Å². The number of carbonyl (C=O) groups is 1. The maximum atomic E-state index is 12.1. The fourth-order valence-corrected chi connectivity index (χ4v) is 3.78. The van der Waals surface area contributed by atoms with Gasteiger partial charge in [-0.3, -0.25) is 14.9 Å². The molecule has 1 amide bonds. The maximum Gasteiger partial charge on any atom is 0.287 e. The molecule has 1 aromatic carbocycles. The molecule has 0 aromatic heterocycles. The first-order valence-electron chi connectivity index (χ1n) is 6.75. The second-order valence-electron chi connectivity index (χ2n) is 5.20. The Morgan fingerprint density at radius 1 is 1.48 bits per heavy atom. The van der Waals surface area contributed by atoms with Gasteiger partial charge in [0.25, 0.3) is 11.6 Å². The predicted octanol–water partition coefficient (Wildman–Crippen LogP) is 3.65. The van der Waals surface area contributed by atoms with Gasteiger partial charge in [-0.2, -0.15) is 11.8 Å². The number of carbonyl (C=O) groups excluding carboxylic acids is 1. The molecular formula is C14H17ClN2O3S. The van der Waals surface area contributed by atoms with Crippen LogP contribution in [-0.4, -0.2) is 28.4 Å². The van der Waals surface area contributed by atoms with E-state index in [0.29, 0.717) is 12.1 Å². The van der Waals surface area contributed by atoms with Crippen molar-refractivity contribution in [2.24, 2.45) is 0 Å². The molecule has 1 N–H and O–H groups in total. The highest BCUT2D eigenvalue weighted by atomic mass is 35.5. The molecule has 0 spiro atoms. The van der Waals surface area contributed by atoms with Gasteiger partial charge in [-0.15, -0.1) is 0 Å². The number of rotatable bonds is 5. The Morgan fingerprint density at radius 3 is 2.67 bits per heavy atom. The van der Waals surface area contributed by atoms with E-state index in [9.17, 15) is 14.9 Å². The minimum Gasteiger partial charge on any atom is -0.351 e. The van der Waals surface area contributed by atoms with E-state index >= 15 is 0 Å². The molecule has 1 saturated carbocycles. The molecule has 0 aliphatic heterocycles. The van der Waals surface area contributed by atoms with Crippen molar-refractivity contribution in [3.63, 3.8) is 0 Å². The van der Waals surface area contributed by atoms with Gasteiger partial charge in [-0.1, -0.05) is 24.4 Å². The fraction of sp³-hybridized carbons (Fsp3) is 0.500. The summed E-state index contributed by atoms with van der Waals surface area (Å²) in [6.07, 6.45) is 6.67. The number of nitro groups is 1. The highest BCUT2D eigenvalue weighted by molar-refractivity contribution is 8.00. The van der Waals surface area contributed by atoms with Crippen LogP contribution in [0, 0.1) is 10.1 Å². The first-order chi connectivity index (χ1) is 9.97. The summed E-state index contributed by atoms with van der Waals surface area (Å²) < 4.78 is 0.125. The van der Waals surface area contributed by atoms with Crippen LogP contribution in [-0.2, 0) is 0 Å². The first kappa shape index (κ1) is 16.1. The number of amides is 1. The number of thioether (sulfide) groups is 1. The summed E-state index contributed by atoms with van der Waals surface area (Å²) in [6, 6.07) is 4.03. The molecule has 1 fully saturated rings. The van der Waals surface area contributed by atoms with Crippen LogP contribution in [0.1, 0.15) is 36.0 Å². The number of hydrogen-bond acceptors (Lipinski definition) is 4. The van der Waals surface area contributed by atoms with Crippen molar-refractivity contribution in [1.29, 1.82) is 0 Å². The van der Waals surface area contributed by atoms with Gasteiger partial charge in [-0.05, 0) is 31.2 Å². The van der Waals surface area contributed by atoms with Crippen molar-refractivity contribution in [3.05, 3.63) is 38.9 Å². The van der Waals surface area contributed by atoms with Crippen molar-refractivity contribution in [2.45, 2.75) is 30.4 Å². The van der Waals surface area contributed by atoms with E-state index in [1.54, 1.807) is 11.8 Å². The molecule has 114 valence electrons. The zero-order valence-corrected chi connectivity index (χ0v) is 13.3. The van der Waals surface area contributed by atoms with Crippen molar-refractivity contribution in [2.75, 3.05) is 12.8 Å². The molecule has 0 heterocycles. The van der Waals surface area contributed by atoms with E-state index in [1.165, 1.54) is 31.0 Å². The topological polar surface area (TPSA) is 72.2 Å². The van der Waals surface area contributed by atoms with Crippen molar-refractivity contribution in [1.82, 2.24) is 5.32 Å². The lowest BCUT2D eigenvalue weighted by Gasteiger charge is -2.26. The van der Waals surface area contributed by atoms with Crippen LogP contribution in [0.25, 0.3) is 0 Å². The van der Waals surface area contributed by atoms with Gasteiger partial charge in [0.05, 0.1) is 4.92 Å². The Labute approximate surface area is 132 Å². The number of nitrogens with one attached hydrogen (secondary N) is 1. The molecule has 21 heavy (non-hydrogen) atoms. The van der Waals surface area contributed by atoms with E-state index in [0.717, 1.165) is 12.8 Å². The highest BCUT2D eigenvalue weighted by Crippen LogP contribution is 2.39. The number of nitrogens with zero attached hydrogens (tertiary/aromatic N) is 1. The Hall–Kier alpha value is -1.27. The number of hydrogen-bond donors (Lipinski definition) is 1. The maximum absolute atomic E-state index is 12.1. The molecule has 0 bridgehead atoms. The molecule has 1 aliphatic rings. The third-order valence-corrected chi connectivity index (χ3v) is 5.65. The minimum atomic E-state index is -0.564. The van der Waals surface area contributed by atoms with Gasteiger partial charge in [0.2, 0.25) is 0 Å². The molecule has 0 unspecified atom stereocenters. The summed E-state index contributed by atoms with van der Waals surface area (Å²) in [7, 11) is 0. The lowest BCUT2D eigenvalue weighted by atomic mass is 10.1. The summed E-state index contributed by atoms with van der Waals surface area (Å²) in [5, 5.41) is 13.6. The Kier molecular flexibility index (Phi) is 5.11. The van der Waals surface area contributed by atoms with Crippen LogP contribution in [0.5, 0.6) is 0 Å². The first-order valence-corrected chi connectivity index (χ1v) is 8.35. The predicted molar refractivity (Wildman–Crippen MR) is 85.2 cm³/mol. The summed E-state index contributed by atoms with van der Waals surface area (Å²) in [6.45, 7) is 0.613. The van der Waals surface area contributed by atoms with E-state index in [4.69, 9.17) is 11.6 Å². The molecule has 7 heteroatoms. The van der Waals surface area contributed by atoms with Crippen LogP contribution in [0.3, 0.4) is 0 Å². The average molecular weight is 329 g/mol. The van der Waals surface area contributed by atoms with Crippen LogP contribution in [0.15, 0.2) is 18.2 Å². The minimum absolute atomic E-state index is 0.0203. The van der Waals surface area contributed by atoms with Crippen LogP contribution >= 0.6 is 23.4 Å². The summed E-state index contributed by atoms with van der Waals surface area (Å²) >= 11 is 7.62. The number of nitro benzene ring substituents is 1. The fourth-order valence-electron chi connectivity index (χ4n) is 2.61. The molecule has 0 atom stereocenters. The summed E-state index contributed by atoms with van der Waals surface area (Å²) in [5.74, 6) is -0.243. The quantitative estimate of drug-likeness (QED) is 0.661. The normalized spacial score (nSPS) is 16.7. The van der Waals surface area contributed by atoms with Crippen LogP contribution < -0.4 is 5.32 Å². The lowest BCUT2D eigenvalue weighted by Crippen LogP contribution is -2.38. The second-order valence-corrected chi connectivity index (χ2v) is 6.88. The Balaban J connectivity index is 2.03. The Morgan fingerprint density at radius 2 is 2.14 bits per heavy atom. The monoisotopic (exact) mass is 328 g/mol. The van der Waals surface area contributed by atoms with Gasteiger partial charge in [0.1, 0.15) is 5.02 Å². The smallest absolute Gasteiger partial charge is 0.287 e. The zero-order valence-electron chi connectivity index (χ0n) is 11.7.